The van der Waals surface area contributed by atoms with E-state index in [2.05, 4.69) is 4.90 Å². The lowest BCUT2D eigenvalue weighted by Crippen LogP contribution is -2.55. The van der Waals surface area contributed by atoms with E-state index in [1.54, 1.807) is 17.0 Å². The number of sulfone groups is 1. The third-order valence-corrected chi connectivity index (χ3v) is 8.55. The van der Waals surface area contributed by atoms with E-state index in [1.165, 1.54) is 6.42 Å². The zero-order valence-corrected chi connectivity index (χ0v) is 19.3. The summed E-state index contributed by atoms with van der Waals surface area (Å²) in [5.41, 5.74) is 0. The molecule has 2 amide bonds. The molecule has 32 heavy (non-hydrogen) atoms. The number of amides is 2. The van der Waals surface area contributed by atoms with Gasteiger partial charge in [0.1, 0.15) is 5.75 Å². The topological polar surface area (TPSA) is 87.2 Å². The van der Waals surface area contributed by atoms with Crippen molar-refractivity contribution in [2.75, 3.05) is 44.2 Å². The van der Waals surface area contributed by atoms with Crippen molar-refractivity contribution in [2.45, 2.75) is 50.6 Å². The van der Waals surface area contributed by atoms with Crippen molar-refractivity contribution in [3.63, 3.8) is 0 Å². The highest BCUT2D eigenvalue weighted by atomic mass is 32.2. The molecule has 0 aromatic heterocycles. The van der Waals surface area contributed by atoms with E-state index < -0.39 is 9.84 Å². The molecule has 0 radical (unpaired) electrons. The number of ether oxygens (including phenoxy) is 1. The minimum Gasteiger partial charge on any atom is -0.410 e. The Bertz CT molecular complexity index is 893. The Kier molecular flexibility index (Phi) is 7.35. The fraction of sp³-hybridized carbons (Fsp3) is 0.652. The van der Waals surface area contributed by atoms with E-state index in [4.69, 9.17) is 4.74 Å². The second-order valence-electron chi connectivity index (χ2n) is 9.09. The number of carbonyl (C=O) groups excluding carboxylic acids is 2. The quantitative estimate of drug-likeness (QED) is 0.665. The molecule has 0 N–H and O–H groups in total. The van der Waals surface area contributed by atoms with Crippen LogP contribution >= 0.6 is 0 Å². The molecule has 9 heteroatoms. The zero-order valence-electron chi connectivity index (χ0n) is 18.5. The summed E-state index contributed by atoms with van der Waals surface area (Å²) in [6.45, 7) is 2.46. The van der Waals surface area contributed by atoms with Crippen LogP contribution < -0.4 is 4.74 Å². The van der Waals surface area contributed by atoms with Gasteiger partial charge >= 0.3 is 6.09 Å². The van der Waals surface area contributed by atoms with Crippen LogP contribution in [-0.4, -0.2) is 91.4 Å². The maximum absolute atomic E-state index is 13.3. The van der Waals surface area contributed by atoms with Crippen LogP contribution in [0.5, 0.6) is 5.75 Å². The van der Waals surface area contributed by atoms with Gasteiger partial charge in [0.25, 0.3) is 0 Å². The number of nitrogens with zero attached hydrogens (tertiary/aromatic N) is 3. The van der Waals surface area contributed by atoms with Gasteiger partial charge in [0.2, 0.25) is 5.91 Å². The number of hydrogen-bond donors (Lipinski definition) is 0. The van der Waals surface area contributed by atoms with Crippen LogP contribution in [0.4, 0.5) is 4.79 Å². The number of piperazine rings is 1. The van der Waals surface area contributed by atoms with Crippen molar-refractivity contribution < 1.29 is 22.7 Å². The molecule has 1 aromatic rings. The summed E-state index contributed by atoms with van der Waals surface area (Å²) in [6.07, 6.45) is 5.46. The summed E-state index contributed by atoms with van der Waals surface area (Å²) in [6, 6.07) is 8.95. The van der Waals surface area contributed by atoms with E-state index in [0.717, 1.165) is 25.7 Å². The van der Waals surface area contributed by atoms with Crippen LogP contribution in [0.3, 0.4) is 0 Å². The van der Waals surface area contributed by atoms with E-state index in [9.17, 15) is 18.0 Å². The van der Waals surface area contributed by atoms with Crippen molar-refractivity contribution in [3.05, 3.63) is 30.3 Å². The summed E-state index contributed by atoms with van der Waals surface area (Å²) in [5.74, 6) is 0.814. The molecular formula is C23H33N3O5S. The first-order valence-electron chi connectivity index (χ1n) is 11.7. The van der Waals surface area contributed by atoms with E-state index in [1.807, 2.05) is 23.1 Å². The van der Waals surface area contributed by atoms with Crippen LogP contribution in [0.15, 0.2) is 30.3 Å². The normalized spacial score (nSPS) is 24.2. The highest BCUT2D eigenvalue weighted by molar-refractivity contribution is 7.91. The molecule has 1 aliphatic carbocycles. The number of benzene rings is 1. The van der Waals surface area contributed by atoms with Crippen LogP contribution in [-0.2, 0) is 14.6 Å². The van der Waals surface area contributed by atoms with Crippen molar-refractivity contribution in [1.29, 1.82) is 0 Å². The average Bonchev–Trinajstić information content (AvgIpc) is 3.15. The number of hydrogen-bond acceptors (Lipinski definition) is 6. The first kappa shape index (κ1) is 23.0. The first-order valence-corrected chi connectivity index (χ1v) is 13.5. The average molecular weight is 464 g/mol. The van der Waals surface area contributed by atoms with E-state index >= 15 is 0 Å². The Labute approximate surface area is 190 Å². The molecule has 4 rings (SSSR count). The fourth-order valence-electron chi connectivity index (χ4n) is 5.07. The van der Waals surface area contributed by atoms with Crippen molar-refractivity contribution in [1.82, 2.24) is 14.7 Å². The highest BCUT2D eigenvalue weighted by Gasteiger charge is 2.39. The van der Waals surface area contributed by atoms with Crippen molar-refractivity contribution in [3.8, 4) is 5.75 Å². The summed E-state index contributed by atoms with van der Waals surface area (Å²) in [7, 11) is -3.05. The molecule has 3 fully saturated rings. The highest BCUT2D eigenvalue weighted by Crippen LogP contribution is 2.28. The second-order valence-corrected chi connectivity index (χ2v) is 11.3. The summed E-state index contributed by atoms with van der Waals surface area (Å²) >= 11 is 0. The molecule has 1 aromatic carbocycles. The van der Waals surface area contributed by atoms with Crippen LogP contribution in [0.2, 0.25) is 0 Å². The van der Waals surface area contributed by atoms with Crippen molar-refractivity contribution in [2.24, 2.45) is 0 Å². The predicted octanol–water partition coefficient (Wildman–Crippen LogP) is 2.15. The lowest BCUT2D eigenvalue weighted by Gasteiger charge is -2.40. The Balaban J connectivity index is 1.32. The Hall–Kier alpha value is -2.13. The van der Waals surface area contributed by atoms with Gasteiger partial charge < -0.3 is 14.5 Å². The smallest absolute Gasteiger partial charge is 0.410 e. The minimum absolute atomic E-state index is 0.0271. The lowest BCUT2D eigenvalue weighted by molar-refractivity contribution is -0.138. The number of para-hydroxylation sites is 1. The van der Waals surface area contributed by atoms with Crippen LogP contribution in [0.25, 0.3) is 0 Å². The molecule has 2 aliphatic heterocycles. The standard InChI is InChI=1S/C23H33N3O5S/c27-22(26(19-7-3-1-4-8-19)20-11-16-32(29,30)18-20)17-24-12-14-25(15-13-24)23(28)31-21-9-5-2-6-10-21/h2,5-6,9-10,19-20H,1,3-4,7-8,11-18H2/t20-/m0/s1. The summed E-state index contributed by atoms with van der Waals surface area (Å²) in [4.78, 5) is 31.4. The number of rotatable bonds is 5. The van der Waals surface area contributed by atoms with Crippen LogP contribution in [0.1, 0.15) is 38.5 Å². The predicted molar refractivity (Wildman–Crippen MR) is 121 cm³/mol. The third-order valence-electron chi connectivity index (χ3n) is 6.80. The zero-order chi connectivity index (χ0) is 22.6. The van der Waals surface area contributed by atoms with Gasteiger partial charge in [-0.15, -0.1) is 0 Å². The van der Waals surface area contributed by atoms with Gasteiger partial charge in [-0.1, -0.05) is 37.5 Å². The third kappa shape index (κ3) is 5.81. The molecule has 1 saturated carbocycles. The maximum atomic E-state index is 13.3. The molecule has 0 unspecified atom stereocenters. The Morgan fingerprint density at radius 2 is 1.62 bits per heavy atom. The molecule has 2 heterocycles. The molecule has 0 spiro atoms. The van der Waals surface area contributed by atoms with Gasteiger partial charge in [0.15, 0.2) is 9.84 Å². The van der Waals surface area contributed by atoms with Gasteiger partial charge in [-0.2, -0.15) is 0 Å². The molecule has 176 valence electrons. The molecule has 2 saturated heterocycles. The van der Waals surface area contributed by atoms with Gasteiger partial charge in [0, 0.05) is 38.3 Å². The molecular weight excluding hydrogens is 430 g/mol. The minimum atomic E-state index is -3.05. The summed E-state index contributed by atoms with van der Waals surface area (Å²) in [5, 5.41) is 0. The SMILES string of the molecule is O=C(Oc1ccccc1)N1CCN(CC(=O)N(C2CCCCC2)[C@H]2CCS(=O)(=O)C2)CC1. The second kappa shape index (κ2) is 10.2. The van der Waals surface area contributed by atoms with Gasteiger partial charge in [0.05, 0.1) is 18.1 Å². The molecule has 3 aliphatic rings. The van der Waals surface area contributed by atoms with E-state index in [0.29, 0.717) is 38.3 Å². The summed E-state index contributed by atoms with van der Waals surface area (Å²) < 4.78 is 29.6. The van der Waals surface area contributed by atoms with Crippen molar-refractivity contribution >= 4 is 21.8 Å². The Morgan fingerprint density at radius 3 is 2.25 bits per heavy atom. The van der Waals surface area contributed by atoms with Crippen LogP contribution in [0, 0.1) is 0 Å². The monoisotopic (exact) mass is 463 g/mol. The lowest BCUT2D eigenvalue weighted by atomic mass is 9.92. The Morgan fingerprint density at radius 1 is 0.938 bits per heavy atom. The van der Waals surface area contributed by atoms with Gasteiger partial charge in [-0.3, -0.25) is 9.69 Å². The maximum Gasteiger partial charge on any atom is 0.415 e. The van der Waals surface area contributed by atoms with Gasteiger partial charge in [-0.05, 0) is 31.4 Å². The molecule has 8 nitrogen and oxygen atoms in total. The van der Waals surface area contributed by atoms with Gasteiger partial charge in [-0.25, -0.2) is 13.2 Å². The van der Waals surface area contributed by atoms with E-state index in [-0.39, 0.29) is 42.1 Å². The fourth-order valence-corrected chi connectivity index (χ4v) is 6.79. The first-order chi connectivity index (χ1) is 15.4. The molecule has 0 bridgehead atoms. The molecule has 1 atom stereocenters. The largest absolute Gasteiger partial charge is 0.415 e. The number of carbonyl (C=O) groups is 2.